The third-order valence-electron chi connectivity index (χ3n) is 4.62. The van der Waals surface area contributed by atoms with E-state index in [-0.39, 0.29) is 25.4 Å². The lowest BCUT2D eigenvalue weighted by Gasteiger charge is -2.32. The molecule has 1 aromatic rings. The first-order valence-corrected chi connectivity index (χ1v) is 8.39. The maximum Gasteiger partial charge on any atom is 0.471 e. The van der Waals surface area contributed by atoms with Gasteiger partial charge in [-0.2, -0.15) is 13.2 Å². The zero-order valence-corrected chi connectivity index (χ0v) is 14.5. The topological polar surface area (TPSA) is 79.0 Å². The van der Waals surface area contributed by atoms with E-state index in [1.165, 1.54) is 4.90 Å². The molecule has 0 aliphatic carbocycles. The smallest absolute Gasteiger partial charge is 0.471 e. The lowest BCUT2D eigenvalue weighted by molar-refractivity contribution is -0.186. The van der Waals surface area contributed by atoms with Gasteiger partial charge in [0.2, 0.25) is 5.91 Å². The number of nitrogens with zero attached hydrogens (tertiary/aromatic N) is 2. The zero-order valence-electron chi connectivity index (χ0n) is 14.5. The minimum Gasteiger partial charge on any atom is -0.477 e. The van der Waals surface area contributed by atoms with Crippen molar-refractivity contribution in [2.75, 3.05) is 25.0 Å². The summed E-state index contributed by atoms with van der Waals surface area (Å²) in [4.78, 5) is 38.1. The van der Waals surface area contributed by atoms with E-state index in [0.29, 0.717) is 22.8 Å². The minimum atomic E-state index is -5.03. The van der Waals surface area contributed by atoms with Gasteiger partial charge in [-0.15, -0.1) is 0 Å². The summed E-state index contributed by atoms with van der Waals surface area (Å²) in [6.45, 7) is -0.341. The molecule has 1 aromatic carbocycles. The van der Waals surface area contributed by atoms with Gasteiger partial charge < -0.3 is 19.9 Å². The molecule has 10 heteroatoms. The molecule has 2 heterocycles. The number of carbonyl (C=O) groups is 3. The lowest BCUT2D eigenvalue weighted by Crippen LogP contribution is -2.54. The number of hydrogen-bond donors (Lipinski definition) is 1. The Morgan fingerprint density at radius 3 is 2.70 bits per heavy atom. The SMILES string of the molecule is CN1C(=O)C(CNC(=O)C2CCCN2C(=O)C(F)(F)F)Oc2ccccc21. The summed E-state index contributed by atoms with van der Waals surface area (Å²) in [7, 11) is 1.57. The first-order valence-electron chi connectivity index (χ1n) is 8.39. The maximum absolute atomic E-state index is 12.7. The van der Waals surface area contributed by atoms with Crippen LogP contribution in [0.5, 0.6) is 5.75 Å². The molecule has 2 aliphatic heterocycles. The highest BCUT2D eigenvalue weighted by Gasteiger charge is 2.47. The van der Waals surface area contributed by atoms with Crippen molar-refractivity contribution in [3.63, 3.8) is 0 Å². The summed E-state index contributed by atoms with van der Waals surface area (Å²) in [6.07, 6.45) is -5.59. The Morgan fingerprint density at radius 1 is 1.30 bits per heavy atom. The second-order valence-corrected chi connectivity index (χ2v) is 6.37. The van der Waals surface area contributed by atoms with Gasteiger partial charge in [0, 0.05) is 13.6 Å². The third kappa shape index (κ3) is 3.69. The number of nitrogens with one attached hydrogen (secondary N) is 1. The highest BCUT2D eigenvalue weighted by Crippen LogP contribution is 2.32. The average molecular weight is 385 g/mol. The second-order valence-electron chi connectivity index (χ2n) is 6.37. The fourth-order valence-electron chi connectivity index (χ4n) is 3.26. The van der Waals surface area contributed by atoms with Crippen molar-refractivity contribution in [3.05, 3.63) is 24.3 Å². The van der Waals surface area contributed by atoms with E-state index >= 15 is 0 Å². The molecule has 1 saturated heterocycles. The Morgan fingerprint density at radius 2 is 2.00 bits per heavy atom. The van der Waals surface area contributed by atoms with E-state index in [1.807, 2.05) is 0 Å². The highest BCUT2D eigenvalue weighted by atomic mass is 19.4. The standard InChI is InChI=1S/C17H18F3N3O4/c1-22-10-5-2-3-7-12(10)27-13(15(22)25)9-21-14(24)11-6-4-8-23(11)16(26)17(18,19)20/h2-3,5,7,11,13H,4,6,8-9H2,1H3,(H,21,24). The lowest BCUT2D eigenvalue weighted by atomic mass is 10.1. The van der Waals surface area contributed by atoms with Crippen molar-refractivity contribution in [1.29, 1.82) is 0 Å². The van der Waals surface area contributed by atoms with Gasteiger partial charge in [-0.25, -0.2) is 0 Å². The van der Waals surface area contributed by atoms with Crippen LogP contribution in [0.25, 0.3) is 0 Å². The van der Waals surface area contributed by atoms with Crippen LogP contribution in [0.15, 0.2) is 24.3 Å². The molecular formula is C17H18F3N3O4. The number of anilines is 1. The molecule has 27 heavy (non-hydrogen) atoms. The molecular weight excluding hydrogens is 367 g/mol. The van der Waals surface area contributed by atoms with Gasteiger partial charge in [-0.1, -0.05) is 12.1 Å². The molecule has 0 radical (unpaired) electrons. The van der Waals surface area contributed by atoms with Gasteiger partial charge in [0.15, 0.2) is 6.10 Å². The Hall–Kier alpha value is -2.78. The molecule has 3 amide bonds. The molecule has 2 unspecified atom stereocenters. The number of ether oxygens (including phenoxy) is 1. The monoisotopic (exact) mass is 385 g/mol. The molecule has 1 N–H and O–H groups in total. The van der Waals surface area contributed by atoms with Crippen molar-refractivity contribution in [2.24, 2.45) is 0 Å². The van der Waals surface area contributed by atoms with Gasteiger partial charge in [0.1, 0.15) is 11.8 Å². The number of halogens is 3. The number of rotatable bonds is 3. The first kappa shape index (κ1) is 19.0. The molecule has 0 saturated carbocycles. The Bertz CT molecular complexity index is 768. The van der Waals surface area contributed by atoms with Crippen molar-refractivity contribution >= 4 is 23.4 Å². The van der Waals surface area contributed by atoms with Crippen LogP contribution >= 0.6 is 0 Å². The number of fused-ring (bicyclic) bond motifs is 1. The molecule has 0 spiro atoms. The molecule has 146 valence electrons. The van der Waals surface area contributed by atoms with Gasteiger partial charge in [0.05, 0.1) is 12.2 Å². The Balaban J connectivity index is 1.64. The van der Waals surface area contributed by atoms with Crippen LogP contribution in [-0.2, 0) is 14.4 Å². The second kappa shape index (κ2) is 7.09. The van der Waals surface area contributed by atoms with Crippen molar-refractivity contribution in [1.82, 2.24) is 10.2 Å². The third-order valence-corrected chi connectivity index (χ3v) is 4.62. The fraction of sp³-hybridized carbons (Fsp3) is 0.471. The maximum atomic E-state index is 12.7. The number of carbonyl (C=O) groups excluding carboxylic acids is 3. The van der Waals surface area contributed by atoms with Crippen LogP contribution < -0.4 is 15.0 Å². The fourth-order valence-corrected chi connectivity index (χ4v) is 3.26. The minimum absolute atomic E-state index is 0.134. The molecule has 2 aliphatic rings. The Labute approximate surface area is 153 Å². The summed E-state index contributed by atoms with van der Waals surface area (Å²) >= 11 is 0. The van der Waals surface area contributed by atoms with Gasteiger partial charge >= 0.3 is 12.1 Å². The van der Waals surface area contributed by atoms with Crippen LogP contribution in [-0.4, -0.2) is 61.1 Å². The Kier molecular flexibility index (Phi) is 4.99. The average Bonchev–Trinajstić information content (AvgIpc) is 3.11. The number of benzene rings is 1. The number of likely N-dealkylation sites (N-methyl/N-ethyl adjacent to an activating group) is 1. The van der Waals surface area contributed by atoms with Crippen LogP contribution in [0.1, 0.15) is 12.8 Å². The van der Waals surface area contributed by atoms with Crippen LogP contribution in [0.2, 0.25) is 0 Å². The summed E-state index contributed by atoms with van der Waals surface area (Å²) < 4.78 is 43.6. The molecule has 2 atom stereocenters. The number of para-hydroxylation sites is 2. The summed E-state index contributed by atoms with van der Waals surface area (Å²) in [5.41, 5.74) is 0.586. The van der Waals surface area contributed by atoms with Crippen molar-refractivity contribution < 1.29 is 32.3 Å². The van der Waals surface area contributed by atoms with Crippen molar-refractivity contribution in [2.45, 2.75) is 31.2 Å². The van der Waals surface area contributed by atoms with Gasteiger partial charge in [-0.05, 0) is 25.0 Å². The molecule has 0 bridgehead atoms. The number of likely N-dealkylation sites (tertiary alicyclic amines) is 1. The number of amides is 3. The van der Waals surface area contributed by atoms with Crippen LogP contribution in [0.4, 0.5) is 18.9 Å². The van der Waals surface area contributed by atoms with E-state index in [9.17, 15) is 27.6 Å². The van der Waals surface area contributed by atoms with Crippen LogP contribution in [0.3, 0.4) is 0 Å². The van der Waals surface area contributed by atoms with E-state index in [1.54, 1.807) is 31.3 Å². The predicted octanol–water partition coefficient (Wildman–Crippen LogP) is 1.08. The van der Waals surface area contributed by atoms with E-state index in [0.717, 1.165) is 0 Å². The van der Waals surface area contributed by atoms with Gasteiger partial charge in [0.25, 0.3) is 5.91 Å². The van der Waals surface area contributed by atoms with Crippen LogP contribution in [0, 0.1) is 0 Å². The van der Waals surface area contributed by atoms with E-state index in [4.69, 9.17) is 4.74 Å². The zero-order chi connectivity index (χ0) is 19.8. The summed E-state index contributed by atoms with van der Waals surface area (Å²) in [5.74, 6) is -2.68. The van der Waals surface area contributed by atoms with E-state index < -0.39 is 30.1 Å². The molecule has 0 aromatic heterocycles. The number of hydrogen-bond acceptors (Lipinski definition) is 4. The van der Waals surface area contributed by atoms with Gasteiger partial charge in [-0.3, -0.25) is 14.4 Å². The molecule has 7 nitrogen and oxygen atoms in total. The molecule has 3 rings (SSSR count). The summed E-state index contributed by atoms with van der Waals surface area (Å²) in [6, 6.07) is 5.66. The highest BCUT2D eigenvalue weighted by molar-refractivity contribution is 6.00. The van der Waals surface area contributed by atoms with Crippen molar-refractivity contribution in [3.8, 4) is 5.75 Å². The normalized spacial score (nSPS) is 22.3. The predicted molar refractivity (Wildman–Crippen MR) is 88.1 cm³/mol. The quantitative estimate of drug-likeness (QED) is 0.845. The summed E-state index contributed by atoms with van der Waals surface area (Å²) in [5, 5.41) is 2.44. The largest absolute Gasteiger partial charge is 0.477 e. The first-order chi connectivity index (χ1) is 12.7. The van der Waals surface area contributed by atoms with E-state index in [2.05, 4.69) is 5.32 Å². The number of alkyl halides is 3. The molecule has 1 fully saturated rings.